The minimum atomic E-state index is -0.657. The fourth-order valence-corrected chi connectivity index (χ4v) is 4.90. The van der Waals surface area contributed by atoms with Gasteiger partial charge >= 0.3 is 11.9 Å². The standard InChI is InChI=1S/C23H20N2O5S/c1-29-23(28)19-17-10-9-13-5-2-3-8-16(13)20(17)31-21(19)25-18(26)12-30-22(27)14-6-4-7-15(24)11-14/h2-8,11H,9-10,12,24H2,1H3,(H,25,26). The van der Waals surface area contributed by atoms with E-state index in [-0.39, 0.29) is 5.56 Å². The first-order valence-corrected chi connectivity index (χ1v) is 10.4. The molecule has 2 aromatic carbocycles. The first-order valence-electron chi connectivity index (χ1n) is 9.62. The van der Waals surface area contributed by atoms with Crippen molar-refractivity contribution in [3.05, 3.63) is 70.8 Å². The lowest BCUT2D eigenvalue weighted by atomic mass is 9.89. The van der Waals surface area contributed by atoms with Gasteiger partial charge < -0.3 is 20.5 Å². The second-order valence-electron chi connectivity index (χ2n) is 7.01. The molecule has 0 bridgehead atoms. The van der Waals surface area contributed by atoms with Crippen molar-refractivity contribution in [1.29, 1.82) is 0 Å². The molecule has 3 N–H and O–H groups in total. The first kappa shape index (κ1) is 20.6. The molecule has 7 nitrogen and oxygen atoms in total. The zero-order chi connectivity index (χ0) is 22.0. The summed E-state index contributed by atoms with van der Waals surface area (Å²) in [7, 11) is 1.31. The van der Waals surface area contributed by atoms with Crippen LogP contribution in [0.4, 0.5) is 10.7 Å². The lowest BCUT2D eigenvalue weighted by molar-refractivity contribution is -0.119. The number of amides is 1. The molecule has 0 atom stereocenters. The minimum Gasteiger partial charge on any atom is -0.465 e. The molecule has 1 aliphatic rings. The molecule has 0 saturated heterocycles. The highest BCUT2D eigenvalue weighted by atomic mass is 32.1. The van der Waals surface area contributed by atoms with Crippen molar-refractivity contribution in [2.24, 2.45) is 0 Å². The summed E-state index contributed by atoms with van der Waals surface area (Å²) in [5, 5.41) is 3.10. The number of carbonyl (C=O) groups excluding carboxylic acids is 3. The highest BCUT2D eigenvalue weighted by Gasteiger charge is 2.29. The molecule has 4 rings (SSSR count). The average molecular weight is 436 g/mol. The van der Waals surface area contributed by atoms with Gasteiger partial charge in [0.25, 0.3) is 5.91 Å². The van der Waals surface area contributed by atoms with E-state index in [0.29, 0.717) is 22.7 Å². The van der Waals surface area contributed by atoms with Crippen LogP contribution in [0, 0.1) is 0 Å². The van der Waals surface area contributed by atoms with Crippen molar-refractivity contribution in [2.75, 3.05) is 24.8 Å². The van der Waals surface area contributed by atoms with Gasteiger partial charge in [-0.3, -0.25) is 4.79 Å². The number of rotatable bonds is 5. The third-order valence-electron chi connectivity index (χ3n) is 5.01. The van der Waals surface area contributed by atoms with E-state index in [1.165, 1.54) is 30.1 Å². The largest absolute Gasteiger partial charge is 0.465 e. The van der Waals surface area contributed by atoms with Crippen molar-refractivity contribution in [1.82, 2.24) is 0 Å². The predicted molar refractivity (Wildman–Crippen MR) is 118 cm³/mol. The topological polar surface area (TPSA) is 108 Å². The second-order valence-corrected chi connectivity index (χ2v) is 8.03. The van der Waals surface area contributed by atoms with E-state index in [0.717, 1.165) is 22.4 Å². The van der Waals surface area contributed by atoms with E-state index in [9.17, 15) is 14.4 Å². The van der Waals surface area contributed by atoms with Crippen LogP contribution >= 0.6 is 11.3 Å². The summed E-state index contributed by atoms with van der Waals surface area (Å²) in [4.78, 5) is 38.0. The number of ether oxygens (including phenoxy) is 2. The van der Waals surface area contributed by atoms with Crippen LogP contribution in [0.25, 0.3) is 10.4 Å². The van der Waals surface area contributed by atoms with Gasteiger partial charge in [0.05, 0.1) is 18.2 Å². The highest BCUT2D eigenvalue weighted by Crippen LogP contribution is 2.45. The van der Waals surface area contributed by atoms with Crippen molar-refractivity contribution < 1.29 is 23.9 Å². The highest BCUT2D eigenvalue weighted by molar-refractivity contribution is 7.20. The molecule has 0 radical (unpaired) electrons. The van der Waals surface area contributed by atoms with Crippen LogP contribution in [0.1, 0.15) is 31.8 Å². The third-order valence-corrected chi connectivity index (χ3v) is 6.19. The number of hydrogen-bond donors (Lipinski definition) is 2. The summed E-state index contributed by atoms with van der Waals surface area (Å²) < 4.78 is 10.0. The lowest BCUT2D eigenvalue weighted by Gasteiger charge is -2.16. The van der Waals surface area contributed by atoms with Gasteiger partial charge in [-0.05, 0) is 47.7 Å². The normalized spacial score (nSPS) is 11.8. The molecular formula is C23H20N2O5S. The number of carbonyl (C=O) groups is 3. The number of esters is 2. The Bertz CT molecular complexity index is 1180. The smallest absolute Gasteiger partial charge is 0.341 e. The summed E-state index contributed by atoms with van der Waals surface area (Å²) in [6.45, 7) is -0.493. The monoisotopic (exact) mass is 436 g/mol. The Balaban J connectivity index is 1.54. The molecular weight excluding hydrogens is 416 g/mol. The van der Waals surface area contributed by atoms with E-state index in [1.807, 2.05) is 18.2 Å². The molecule has 0 aliphatic heterocycles. The lowest BCUT2D eigenvalue weighted by Crippen LogP contribution is -2.22. The van der Waals surface area contributed by atoms with Gasteiger partial charge in [-0.2, -0.15) is 0 Å². The Morgan fingerprint density at radius 2 is 1.87 bits per heavy atom. The van der Waals surface area contributed by atoms with Gasteiger partial charge in [0.15, 0.2) is 6.61 Å². The minimum absolute atomic E-state index is 0.256. The molecule has 31 heavy (non-hydrogen) atoms. The average Bonchev–Trinajstić information content (AvgIpc) is 3.15. The maximum Gasteiger partial charge on any atom is 0.341 e. The van der Waals surface area contributed by atoms with E-state index in [2.05, 4.69) is 11.4 Å². The summed E-state index contributed by atoms with van der Waals surface area (Å²) in [5.74, 6) is -1.71. The number of nitrogens with two attached hydrogens (primary N) is 1. The van der Waals surface area contributed by atoms with Gasteiger partial charge in [-0.1, -0.05) is 30.3 Å². The second kappa shape index (κ2) is 8.61. The number of methoxy groups -OCH3 is 1. The molecule has 3 aromatic rings. The van der Waals surface area contributed by atoms with Gasteiger partial charge in [-0.25, -0.2) is 9.59 Å². The van der Waals surface area contributed by atoms with Crippen LogP contribution in [0.5, 0.6) is 0 Å². The van der Waals surface area contributed by atoms with Gasteiger partial charge in [0, 0.05) is 10.6 Å². The number of hydrogen-bond acceptors (Lipinski definition) is 7. The fourth-order valence-electron chi connectivity index (χ4n) is 3.59. The van der Waals surface area contributed by atoms with Crippen LogP contribution in [-0.2, 0) is 27.1 Å². The SMILES string of the molecule is COC(=O)c1c(NC(=O)COC(=O)c2cccc(N)c2)sc2c1CCc1ccccc1-2. The molecule has 8 heteroatoms. The van der Waals surface area contributed by atoms with Crippen molar-refractivity contribution >= 4 is 39.9 Å². The zero-order valence-electron chi connectivity index (χ0n) is 16.8. The maximum absolute atomic E-state index is 12.5. The van der Waals surface area contributed by atoms with Crippen molar-refractivity contribution in [2.45, 2.75) is 12.8 Å². The Morgan fingerprint density at radius 3 is 2.65 bits per heavy atom. The maximum atomic E-state index is 12.5. The molecule has 1 heterocycles. The number of nitrogens with one attached hydrogen (secondary N) is 1. The van der Waals surface area contributed by atoms with Crippen molar-refractivity contribution in [3.63, 3.8) is 0 Å². The molecule has 0 saturated carbocycles. The predicted octanol–water partition coefficient (Wildman–Crippen LogP) is 3.68. The molecule has 1 aliphatic carbocycles. The van der Waals surface area contributed by atoms with Crippen LogP contribution in [0.2, 0.25) is 0 Å². The van der Waals surface area contributed by atoms with E-state index in [4.69, 9.17) is 15.2 Å². The van der Waals surface area contributed by atoms with Crippen molar-refractivity contribution in [3.8, 4) is 10.4 Å². The quantitative estimate of drug-likeness (QED) is 0.467. The Kier molecular flexibility index (Phi) is 5.73. The molecule has 1 aromatic heterocycles. The van der Waals surface area contributed by atoms with Gasteiger partial charge in [0.1, 0.15) is 5.00 Å². The number of benzene rings is 2. The van der Waals surface area contributed by atoms with E-state index in [1.54, 1.807) is 18.2 Å². The Morgan fingerprint density at radius 1 is 1.06 bits per heavy atom. The van der Waals surface area contributed by atoms with E-state index >= 15 is 0 Å². The number of nitrogen functional groups attached to an aromatic ring is 1. The molecule has 1 amide bonds. The molecule has 0 spiro atoms. The van der Waals surface area contributed by atoms with E-state index < -0.39 is 24.5 Å². The molecule has 0 unspecified atom stereocenters. The third kappa shape index (κ3) is 4.15. The summed E-state index contributed by atoms with van der Waals surface area (Å²) >= 11 is 1.32. The Labute approximate surface area is 182 Å². The number of fused-ring (bicyclic) bond motifs is 3. The summed E-state index contributed by atoms with van der Waals surface area (Å²) in [6, 6.07) is 14.3. The number of thiophene rings is 1. The van der Waals surface area contributed by atoms with Crippen LogP contribution in [0.15, 0.2) is 48.5 Å². The molecule has 158 valence electrons. The van der Waals surface area contributed by atoms with Crippen LogP contribution < -0.4 is 11.1 Å². The van der Waals surface area contributed by atoms with Gasteiger partial charge in [-0.15, -0.1) is 11.3 Å². The van der Waals surface area contributed by atoms with Crippen LogP contribution in [0.3, 0.4) is 0 Å². The summed E-state index contributed by atoms with van der Waals surface area (Å²) in [5.41, 5.74) is 9.81. The summed E-state index contributed by atoms with van der Waals surface area (Å²) in [6.07, 6.45) is 1.47. The van der Waals surface area contributed by atoms with Gasteiger partial charge in [0.2, 0.25) is 0 Å². The van der Waals surface area contributed by atoms with Crippen LogP contribution in [-0.4, -0.2) is 31.6 Å². The first-order chi connectivity index (χ1) is 15.0. The molecule has 0 fully saturated rings. The number of aryl methyl sites for hydroxylation is 1. The zero-order valence-corrected chi connectivity index (χ0v) is 17.6. The fraction of sp³-hybridized carbons (Fsp3) is 0.174. The Hall–Kier alpha value is -3.65. The number of anilines is 2.